The first-order chi connectivity index (χ1) is 18.4. The molecule has 0 aliphatic carbocycles. The highest BCUT2D eigenvalue weighted by Crippen LogP contribution is 2.29. The van der Waals surface area contributed by atoms with Crippen LogP contribution in [0.3, 0.4) is 0 Å². The summed E-state index contributed by atoms with van der Waals surface area (Å²) < 4.78 is 7.02. The lowest BCUT2D eigenvalue weighted by atomic mass is 10.1. The number of nitrogen functional groups attached to an aromatic ring is 1. The Morgan fingerprint density at radius 3 is 2.63 bits per heavy atom. The first-order valence-corrected chi connectivity index (χ1v) is 13.5. The van der Waals surface area contributed by atoms with E-state index in [2.05, 4.69) is 22.5 Å². The number of halogens is 1. The monoisotopic (exact) mass is 535 g/mol. The first kappa shape index (κ1) is 27.4. The van der Waals surface area contributed by atoms with Crippen LogP contribution in [0, 0.1) is 0 Å². The van der Waals surface area contributed by atoms with Gasteiger partial charge in [0.25, 0.3) is 0 Å². The van der Waals surface area contributed by atoms with E-state index in [1.54, 1.807) is 4.90 Å². The average Bonchev–Trinajstić information content (AvgIpc) is 3.30. The predicted molar refractivity (Wildman–Crippen MR) is 151 cm³/mol. The van der Waals surface area contributed by atoms with E-state index in [1.807, 2.05) is 42.5 Å². The van der Waals surface area contributed by atoms with Crippen LogP contribution in [0.5, 0.6) is 0 Å². The fourth-order valence-corrected chi connectivity index (χ4v) is 4.93. The summed E-state index contributed by atoms with van der Waals surface area (Å²) in [5.41, 5.74) is 10.7. The van der Waals surface area contributed by atoms with Gasteiger partial charge in [0.2, 0.25) is 5.91 Å². The number of para-hydroxylation sites is 1. The fraction of sp³-hybridized carbons (Fsp3) is 0.379. The van der Waals surface area contributed by atoms with Gasteiger partial charge in [0.1, 0.15) is 17.2 Å². The van der Waals surface area contributed by atoms with E-state index in [1.165, 1.54) is 7.11 Å². The molecule has 38 heavy (non-hydrogen) atoms. The lowest BCUT2D eigenvalue weighted by Crippen LogP contribution is -2.33. The zero-order chi connectivity index (χ0) is 27.1. The van der Waals surface area contributed by atoms with Crippen LogP contribution in [0.1, 0.15) is 43.1 Å². The minimum Gasteiger partial charge on any atom is -0.469 e. The molecule has 0 saturated heterocycles. The molecule has 8 nitrogen and oxygen atoms in total. The second-order valence-electron chi connectivity index (χ2n) is 9.37. The number of methoxy groups -OCH3 is 1. The number of hydrogen-bond donors (Lipinski definition) is 1. The molecule has 4 aromatic rings. The number of hydrogen-bond acceptors (Lipinski definition) is 6. The highest BCUT2D eigenvalue weighted by molar-refractivity contribution is 6.27. The minimum absolute atomic E-state index is 0.0928. The van der Waals surface area contributed by atoms with E-state index in [0.29, 0.717) is 31.9 Å². The van der Waals surface area contributed by atoms with Crippen LogP contribution < -0.4 is 5.73 Å². The van der Waals surface area contributed by atoms with Crippen LogP contribution in [0.25, 0.3) is 21.9 Å². The Kier molecular flexibility index (Phi) is 9.18. The molecular weight excluding hydrogens is 502 g/mol. The highest BCUT2D eigenvalue weighted by Gasteiger charge is 2.18. The van der Waals surface area contributed by atoms with Gasteiger partial charge in [-0.15, -0.1) is 11.6 Å². The van der Waals surface area contributed by atoms with Crippen molar-refractivity contribution in [3.63, 3.8) is 0 Å². The summed E-state index contributed by atoms with van der Waals surface area (Å²) >= 11 is 5.97. The van der Waals surface area contributed by atoms with Gasteiger partial charge in [-0.2, -0.15) is 0 Å². The van der Waals surface area contributed by atoms with Crippen molar-refractivity contribution in [3.8, 4) is 0 Å². The molecule has 0 unspecified atom stereocenters. The number of aryl methyl sites for hydroxylation is 2. The molecule has 2 N–H and O–H groups in total. The average molecular weight is 536 g/mol. The quantitative estimate of drug-likeness (QED) is 0.205. The highest BCUT2D eigenvalue weighted by atomic mass is 35.5. The van der Waals surface area contributed by atoms with Crippen molar-refractivity contribution in [2.75, 3.05) is 25.3 Å². The van der Waals surface area contributed by atoms with Crippen molar-refractivity contribution < 1.29 is 14.3 Å². The summed E-state index contributed by atoms with van der Waals surface area (Å²) in [6, 6.07) is 15.6. The lowest BCUT2D eigenvalue weighted by molar-refractivity contribution is -0.139. The Labute approximate surface area is 227 Å². The molecule has 2 aromatic heterocycles. The van der Waals surface area contributed by atoms with Gasteiger partial charge >= 0.3 is 5.97 Å². The molecule has 4 rings (SSSR count). The van der Waals surface area contributed by atoms with Crippen molar-refractivity contribution in [3.05, 3.63) is 65.5 Å². The summed E-state index contributed by atoms with van der Waals surface area (Å²) in [6.07, 6.45) is 3.83. The van der Waals surface area contributed by atoms with Gasteiger partial charge < -0.3 is 19.9 Å². The van der Waals surface area contributed by atoms with Crippen molar-refractivity contribution in [1.29, 1.82) is 0 Å². The summed E-state index contributed by atoms with van der Waals surface area (Å²) in [6.45, 7) is 3.78. The van der Waals surface area contributed by atoms with Gasteiger partial charge in [0, 0.05) is 31.4 Å². The van der Waals surface area contributed by atoms with E-state index in [0.717, 1.165) is 58.2 Å². The maximum atomic E-state index is 12.7. The zero-order valence-electron chi connectivity index (χ0n) is 22.0. The van der Waals surface area contributed by atoms with Crippen molar-refractivity contribution >= 4 is 51.2 Å². The van der Waals surface area contributed by atoms with Crippen LogP contribution in [-0.2, 0) is 40.3 Å². The maximum Gasteiger partial charge on any atom is 0.309 e. The fourth-order valence-electron chi connectivity index (χ4n) is 4.76. The largest absolute Gasteiger partial charge is 0.469 e. The third-order valence-electron chi connectivity index (χ3n) is 6.66. The van der Waals surface area contributed by atoms with Gasteiger partial charge in [-0.05, 0) is 30.0 Å². The van der Waals surface area contributed by atoms with E-state index in [9.17, 15) is 9.59 Å². The number of carbonyl (C=O) groups is 2. The standard InChI is InChI=1S/C29H34ClN5O3/c1-3-4-13-24-33-27-28(22-11-5-6-12-23(22)32-29(27)31)35(24)15-8-14-34(25(36)18-30)19-21-10-7-9-20(16-21)17-26(37)38-2/h5-7,9-12,16H,3-4,8,13-15,17-19H2,1-2H3,(H2,31,32). The van der Waals surface area contributed by atoms with Crippen molar-refractivity contribution in [2.45, 2.75) is 52.1 Å². The SMILES string of the molecule is CCCCc1nc2c(N)nc3ccccc3c2n1CCCN(Cc1cccc(CC(=O)OC)c1)C(=O)CCl. The molecule has 0 spiro atoms. The number of aromatic nitrogens is 3. The summed E-state index contributed by atoms with van der Waals surface area (Å²) in [5.74, 6) is 0.888. The van der Waals surface area contributed by atoms with Gasteiger partial charge in [0.15, 0.2) is 5.82 Å². The second kappa shape index (κ2) is 12.7. The zero-order valence-corrected chi connectivity index (χ0v) is 22.7. The van der Waals surface area contributed by atoms with Crippen LogP contribution in [0.2, 0.25) is 0 Å². The topological polar surface area (TPSA) is 103 Å². The molecule has 9 heteroatoms. The first-order valence-electron chi connectivity index (χ1n) is 13.0. The number of alkyl halides is 1. The number of unbranched alkanes of at least 4 members (excludes halogenated alkanes) is 1. The third-order valence-corrected chi connectivity index (χ3v) is 6.89. The van der Waals surface area contributed by atoms with Crippen LogP contribution in [-0.4, -0.2) is 50.8 Å². The second-order valence-corrected chi connectivity index (χ2v) is 9.64. The van der Waals surface area contributed by atoms with Crippen molar-refractivity contribution in [1.82, 2.24) is 19.4 Å². The van der Waals surface area contributed by atoms with Gasteiger partial charge in [-0.25, -0.2) is 9.97 Å². The third kappa shape index (κ3) is 6.25. The molecule has 2 heterocycles. The maximum absolute atomic E-state index is 12.7. The Bertz CT molecular complexity index is 1430. The number of benzene rings is 2. The molecule has 200 valence electrons. The molecule has 0 aliphatic heterocycles. The number of carbonyl (C=O) groups excluding carboxylic acids is 2. The number of esters is 1. The number of ether oxygens (including phenoxy) is 1. The van der Waals surface area contributed by atoms with E-state index < -0.39 is 0 Å². The van der Waals surface area contributed by atoms with E-state index in [-0.39, 0.29) is 24.2 Å². The van der Waals surface area contributed by atoms with Crippen LogP contribution in [0.15, 0.2) is 48.5 Å². The van der Waals surface area contributed by atoms with Crippen molar-refractivity contribution in [2.24, 2.45) is 0 Å². The minimum atomic E-state index is -0.300. The summed E-state index contributed by atoms with van der Waals surface area (Å²) in [5, 5.41) is 1.02. The normalized spacial score (nSPS) is 11.2. The Morgan fingerprint density at radius 1 is 1.08 bits per heavy atom. The summed E-state index contributed by atoms with van der Waals surface area (Å²) in [7, 11) is 1.37. The predicted octanol–water partition coefficient (Wildman–Crippen LogP) is 4.88. The molecule has 0 radical (unpaired) electrons. The molecule has 0 saturated carbocycles. The number of rotatable bonds is 12. The molecule has 0 fully saturated rings. The number of anilines is 1. The Morgan fingerprint density at radius 2 is 1.87 bits per heavy atom. The number of fused-ring (bicyclic) bond motifs is 3. The molecule has 0 bridgehead atoms. The lowest BCUT2D eigenvalue weighted by Gasteiger charge is -2.23. The molecular formula is C29H34ClN5O3. The van der Waals surface area contributed by atoms with E-state index in [4.69, 9.17) is 27.1 Å². The summed E-state index contributed by atoms with van der Waals surface area (Å²) in [4.78, 5) is 35.6. The number of nitrogens with zero attached hydrogens (tertiary/aromatic N) is 4. The number of imidazole rings is 1. The van der Waals surface area contributed by atoms with E-state index >= 15 is 0 Å². The molecule has 2 aromatic carbocycles. The van der Waals surface area contributed by atoms with Crippen LogP contribution in [0.4, 0.5) is 5.82 Å². The number of pyridine rings is 1. The number of nitrogens with two attached hydrogens (primary N) is 1. The smallest absolute Gasteiger partial charge is 0.309 e. The Hall–Kier alpha value is -3.65. The Balaban J connectivity index is 1.57. The molecule has 1 amide bonds. The van der Waals surface area contributed by atoms with Crippen LogP contribution >= 0.6 is 11.6 Å². The van der Waals surface area contributed by atoms with Gasteiger partial charge in [-0.3, -0.25) is 9.59 Å². The molecule has 0 aliphatic rings. The number of amides is 1. The van der Waals surface area contributed by atoms with Gasteiger partial charge in [0.05, 0.1) is 24.6 Å². The molecule has 0 atom stereocenters. The van der Waals surface area contributed by atoms with Gasteiger partial charge in [-0.1, -0.05) is 55.8 Å².